The highest BCUT2D eigenvalue weighted by Gasteiger charge is 2.44. The fraction of sp³-hybridized carbons (Fsp3) is 0.562. The van der Waals surface area contributed by atoms with Crippen LogP contribution in [0.4, 0.5) is 0 Å². The van der Waals surface area contributed by atoms with Crippen molar-refractivity contribution in [3.8, 4) is 0 Å². The first-order valence-corrected chi connectivity index (χ1v) is 8.39. The van der Waals surface area contributed by atoms with E-state index >= 15 is 0 Å². The molecule has 0 bridgehead atoms. The van der Waals surface area contributed by atoms with E-state index < -0.39 is 0 Å². The quantitative estimate of drug-likeness (QED) is 0.915. The molecule has 2 aliphatic heterocycles. The van der Waals surface area contributed by atoms with Gasteiger partial charge in [-0.1, -0.05) is 42.1 Å². The van der Waals surface area contributed by atoms with Crippen LogP contribution in [-0.2, 0) is 16.1 Å². The van der Waals surface area contributed by atoms with Gasteiger partial charge in [-0.25, -0.2) is 0 Å². The molecule has 2 heterocycles. The molecule has 6 heteroatoms. The first-order valence-electron chi connectivity index (χ1n) is 7.51. The molecule has 1 N–H and O–H groups in total. The van der Waals surface area contributed by atoms with E-state index in [-0.39, 0.29) is 30.3 Å². The van der Waals surface area contributed by atoms with Crippen molar-refractivity contribution in [1.82, 2.24) is 4.90 Å². The van der Waals surface area contributed by atoms with Crippen LogP contribution in [-0.4, -0.2) is 59.6 Å². The van der Waals surface area contributed by atoms with Crippen molar-refractivity contribution in [2.75, 3.05) is 20.7 Å². The molecule has 0 aliphatic carbocycles. The van der Waals surface area contributed by atoms with Crippen molar-refractivity contribution < 1.29 is 14.6 Å². The zero-order valence-electron chi connectivity index (χ0n) is 12.9. The van der Waals surface area contributed by atoms with Crippen LogP contribution in [0.15, 0.2) is 35.3 Å². The summed E-state index contributed by atoms with van der Waals surface area (Å²) in [6.45, 7) is 0.580. The van der Waals surface area contributed by atoms with Gasteiger partial charge in [0, 0.05) is 20.5 Å². The van der Waals surface area contributed by atoms with Gasteiger partial charge >= 0.3 is 0 Å². The zero-order valence-corrected chi connectivity index (χ0v) is 13.7. The van der Waals surface area contributed by atoms with Crippen molar-refractivity contribution in [2.24, 2.45) is 4.99 Å². The summed E-state index contributed by atoms with van der Waals surface area (Å²) >= 11 is 1.61. The Bertz CT molecular complexity index is 523. The number of ether oxygens (including phenoxy) is 2. The van der Waals surface area contributed by atoms with Gasteiger partial charge in [-0.2, -0.15) is 0 Å². The molecule has 0 saturated carbocycles. The van der Waals surface area contributed by atoms with Crippen LogP contribution in [0.1, 0.15) is 12.0 Å². The Morgan fingerprint density at radius 2 is 2.14 bits per heavy atom. The minimum absolute atomic E-state index is 0.00564. The van der Waals surface area contributed by atoms with Gasteiger partial charge in [-0.05, 0) is 5.56 Å². The Morgan fingerprint density at radius 3 is 2.82 bits per heavy atom. The maximum Gasteiger partial charge on any atom is 0.161 e. The van der Waals surface area contributed by atoms with E-state index in [4.69, 9.17) is 14.5 Å². The summed E-state index contributed by atoms with van der Waals surface area (Å²) < 4.78 is 12.0. The van der Waals surface area contributed by atoms with Gasteiger partial charge in [-0.15, -0.1) is 0 Å². The minimum atomic E-state index is -0.175. The van der Waals surface area contributed by atoms with Crippen LogP contribution in [0.25, 0.3) is 0 Å². The van der Waals surface area contributed by atoms with Crippen LogP contribution >= 0.6 is 11.8 Å². The first-order chi connectivity index (χ1) is 10.7. The average molecular weight is 322 g/mol. The van der Waals surface area contributed by atoms with Gasteiger partial charge < -0.3 is 19.5 Å². The van der Waals surface area contributed by atoms with Crippen LogP contribution in [0.2, 0.25) is 0 Å². The van der Waals surface area contributed by atoms with Crippen molar-refractivity contribution in [3.05, 3.63) is 35.9 Å². The zero-order chi connectivity index (χ0) is 15.5. The molecule has 1 fully saturated rings. The molecule has 0 amide bonds. The number of aliphatic hydroxyl groups is 1. The molecule has 0 aromatic heterocycles. The number of nitrogens with zero attached hydrogens (tertiary/aromatic N) is 2. The average Bonchev–Trinajstić information content (AvgIpc) is 2.97. The molecule has 22 heavy (non-hydrogen) atoms. The summed E-state index contributed by atoms with van der Waals surface area (Å²) in [4.78, 5) is 6.74. The summed E-state index contributed by atoms with van der Waals surface area (Å²) in [6, 6.07) is 10.1. The lowest BCUT2D eigenvalue weighted by molar-refractivity contribution is -0.113. The maximum absolute atomic E-state index is 9.45. The lowest BCUT2D eigenvalue weighted by Gasteiger charge is -2.35. The topological polar surface area (TPSA) is 54.3 Å². The summed E-state index contributed by atoms with van der Waals surface area (Å²) in [5, 5.41) is 10.4. The van der Waals surface area contributed by atoms with Crippen LogP contribution in [0.3, 0.4) is 0 Å². The van der Waals surface area contributed by atoms with Gasteiger partial charge in [0.15, 0.2) is 5.17 Å². The van der Waals surface area contributed by atoms with E-state index in [1.54, 1.807) is 11.8 Å². The molecule has 0 spiro atoms. The van der Waals surface area contributed by atoms with E-state index in [1.165, 1.54) is 0 Å². The predicted molar refractivity (Wildman–Crippen MR) is 87.9 cm³/mol. The summed E-state index contributed by atoms with van der Waals surface area (Å²) in [6.07, 6.45) is 0.474. The fourth-order valence-corrected chi connectivity index (χ4v) is 3.87. The number of hydrogen-bond acceptors (Lipinski definition) is 6. The standard InChI is InChI=1S/C16H22N2O3S/c1-18(2)16-17-14-13(8-12(9-19)21-15(14)22-16)20-10-11-6-4-3-5-7-11/h3-7,12-15,19H,8-10H2,1-2H3/t12-,13-,14+,15+/m0/s1. The molecule has 3 rings (SSSR count). The SMILES string of the molecule is CN(C)C1=N[C@@H]2[C@@H](OCc3ccccc3)C[C@@H](CO)O[C@@H]2S1. The number of aliphatic hydroxyl groups excluding tert-OH is 1. The largest absolute Gasteiger partial charge is 0.394 e. The molecular formula is C16H22N2O3S. The molecule has 1 saturated heterocycles. The number of rotatable bonds is 4. The van der Waals surface area contributed by atoms with Gasteiger partial charge in [0.25, 0.3) is 0 Å². The Kier molecular flexibility index (Phi) is 5.03. The highest BCUT2D eigenvalue weighted by molar-refractivity contribution is 8.14. The number of amidine groups is 1. The highest BCUT2D eigenvalue weighted by atomic mass is 32.2. The molecule has 4 atom stereocenters. The van der Waals surface area contributed by atoms with Gasteiger partial charge in [0.05, 0.1) is 25.4 Å². The Labute approximate surface area is 135 Å². The van der Waals surface area contributed by atoms with E-state index in [1.807, 2.05) is 37.2 Å². The monoisotopic (exact) mass is 322 g/mol. The summed E-state index contributed by atoms with van der Waals surface area (Å²) in [7, 11) is 3.96. The molecule has 1 aromatic carbocycles. The van der Waals surface area contributed by atoms with Gasteiger partial charge in [-0.3, -0.25) is 4.99 Å². The van der Waals surface area contributed by atoms with Gasteiger partial charge in [0.1, 0.15) is 11.5 Å². The normalized spacial score (nSPS) is 30.8. The molecule has 120 valence electrons. The van der Waals surface area contributed by atoms with Crippen LogP contribution in [0, 0.1) is 0 Å². The van der Waals surface area contributed by atoms with E-state index in [0.29, 0.717) is 13.0 Å². The Balaban J connectivity index is 1.69. The van der Waals surface area contributed by atoms with Crippen molar-refractivity contribution in [2.45, 2.75) is 36.7 Å². The molecule has 2 aliphatic rings. The third kappa shape index (κ3) is 3.46. The molecule has 0 unspecified atom stereocenters. The van der Waals surface area contributed by atoms with Crippen molar-refractivity contribution >= 4 is 16.9 Å². The smallest absolute Gasteiger partial charge is 0.161 e. The van der Waals surface area contributed by atoms with Crippen LogP contribution < -0.4 is 0 Å². The van der Waals surface area contributed by atoms with Crippen molar-refractivity contribution in [3.63, 3.8) is 0 Å². The Hall–Kier alpha value is -1.08. The number of benzene rings is 1. The second-order valence-corrected chi connectivity index (χ2v) is 6.86. The number of fused-ring (bicyclic) bond motifs is 1. The fourth-order valence-electron chi connectivity index (χ4n) is 2.69. The molecule has 5 nitrogen and oxygen atoms in total. The molecular weight excluding hydrogens is 300 g/mol. The highest BCUT2D eigenvalue weighted by Crippen LogP contribution is 2.38. The Morgan fingerprint density at radius 1 is 1.36 bits per heavy atom. The van der Waals surface area contributed by atoms with E-state index in [0.717, 1.165) is 10.7 Å². The summed E-state index contributed by atoms with van der Waals surface area (Å²) in [5.74, 6) is 0. The van der Waals surface area contributed by atoms with E-state index in [9.17, 15) is 5.11 Å². The number of aliphatic imine (C=N–C) groups is 1. The predicted octanol–water partition coefficient (Wildman–Crippen LogP) is 1.71. The molecule has 1 aromatic rings. The minimum Gasteiger partial charge on any atom is -0.394 e. The van der Waals surface area contributed by atoms with E-state index in [2.05, 4.69) is 12.1 Å². The third-order valence-corrected chi connectivity index (χ3v) is 5.16. The first kappa shape index (κ1) is 15.8. The lowest BCUT2D eigenvalue weighted by atomic mass is 10.0. The second kappa shape index (κ2) is 7.00. The lowest BCUT2D eigenvalue weighted by Crippen LogP contribution is -2.46. The molecule has 0 radical (unpaired) electrons. The summed E-state index contributed by atoms with van der Waals surface area (Å²) in [5.41, 5.74) is 1.08. The second-order valence-electron chi connectivity index (χ2n) is 5.79. The van der Waals surface area contributed by atoms with Crippen LogP contribution in [0.5, 0.6) is 0 Å². The number of hydrogen-bond donors (Lipinski definition) is 1. The number of thioether (sulfide) groups is 1. The maximum atomic E-state index is 9.45. The van der Waals surface area contributed by atoms with Gasteiger partial charge in [0.2, 0.25) is 0 Å². The third-order valence-electron chi connectivity index (χ3n) is 3.86. The van der Waals surface area contributed by atoms with Crippen molar-refractivity contribution in [1.29, 1.82) is 0 Å².